The SMILES string of the molecule is C=CCOC(=O)N1Cc2nncn2CC1C(=O)O. The Kier molecular flexibility index (Phi) is 3.26. The van der Waals surface area contributed by atoms with Crippen LogP contribution in [0.1, 0.15) is 5.82 Å². The van der Waals surface area contributed by atoms with E-state index in [2.05, 4.69) is 16.8 Å². The van der Waals surface area contributed by atoms with Gasteiger partial charge in [0.25, 0.3) is 0 Å². The summed E-state index contributed by atoms with van der Waals surface area (Å²) in [7, 11) is 0. The van der Waals surface area contributed by atoms with E-state index >= 15 is 0 Å². The van der Waals surface area contributed by atoms with Gasteiger partial charge < -0.3 is 14.4 Å². The Bertz CT molecular complexity index is 484. The Morgan fingerprint density at radius 1 is 1.67 bits per heavy atom. The Hall–Kier alpha value is -2.38. The van der Waals surface area contributed by atoms with Gasteiger partial charge in [-0.15, -0.1) is 10.2 Å². The number of carbonyl (C=O) groups is 2. The molecule has 2 rings (SSSR count). The third-order valence-electron chi connectivity index (χ3n) is 2.60. The molecule has 0 saturated carbocycles. The van der Waals surface area contributed by atoms with Crippen molar-refractivity contribution < 1.29 is 19.4 Å². The summed E-state index contributed by atoms with van der Waals surface area (Å²) in [6.07, 6.45) is 2.16. The number of hydrogen-bond acceptors (Lipinski definition) is 5. The first-order valence-electron chi connectivity index (χ1n) is 5.27. The number of ether oxygens (including phenoxy) is 1. The summed E-state index contributed by atoms with van der Waals surface area (Å²) < 4.78 is 6.46. The molecule has 2 heterocycles. The van der Waals surface area contributed by atoms with Gasteiger partial charge in [0.05, 0.1) is 13.1 Å². The Morgan fingerprint density at radius 2 is 2.44 bits per heavy atom. The minimum atomic E-state index is -1.09. The second kappa shape index (κ2) is 4.86. The van der Waals surface area contributed by atoms with Gasteiger partial charge in [-0.1, -0.05) is 12.7 Å². The Morgan fingerprint density at radius 3 is 3.11 bits per heavy atom. The van der Waals surface area contributed by atoms with Gasteiger partial charge in [-0.05, 0) is 0 Å². The first-order valence-corrected chi connectivity index (χ1v) is 5.27. The highest BCUT2D eigenvalue weighted by atomic mass is 16.6. The third-order valence-corrected chi connectivity index (χ3v) is 2.60. The first-order chi connectivity index (χ1) is 8.63. The van der Waals surface area contributed by atoms with E-state index < -0.39 is 18.1 Å². The lowest BCUT2D eigenvalue weighted by molar-refractivity contribution is -0.144. The molecule has 0 bridgehead atoms. The first kappa shape index (κ1) is 12.1. The van der Waals surface area contributed by atoms with Gasteiger partial charge >= 0.3 is 12.1 Å². The topological polar surface area (TPSA) is 97.5 Å². The number of amides is 1. The molecule has 1 unspecified atom stereocenters. The average Bonchev–Trinajstić information content (AvgIpc) is 2.81. The van der Waals surface area contributed by atoms with Crippen LogP contribution in [0, 0.1) is 0 Å². The van der Waals surface area contributed by atoms with Crippen LogP contribution >= 0.6 is 0 Å². The van der Waals surface area contributed by atoms with Crippen molar-refractivity contribution in [1.82, 2.24) is 19.7 Å². The number of aliphatic carboxylic acids is 1. The molecule has 8 heteroatoms. The Balaban J connectivity index is 2.19. The maximum Gasteiger partial charge on any atom is 0.411 e. The summed E-state index contributed by atoms with van der Waals surface area (Å²) in [5.41, 5.74) is 0. The van der Waals surface area contributed by atoms with E-state index in [0.717, 1.165) is 4.90 Å². The minimum Gasteiger partial charge on any atom is -0.480 e. The molecule has 96 valence electrons. The zero-order valence-corrected chi connectivity index (χ0v) is 9.52. The normalized spacial score (nSPS) is 18.0. The van der Waals surface area contributed by atoms with Crippen LogP contribution in [0.2, 0.25) is 0 Å². The monoisotopic (exact) mass is 252 g/mol. The van der Waals surface area contributed by atoms with Gasteiger partial charge in [-0.3, -0.25) is 4.90 Å². The van der Waals surface area contributed by atoms with E-state index in [1.807, 2.05) is 0 Å². The molecule has 0 radical (unpaired) electrons. The van der Waals surface area contributed by atoms with Crippen LogP contribution < -0.4 is 0 Å². The number of rotatable bonds is 3. The molecule has 1 atom stereocenters. The molecule has 18 heavy (non-hydrogen) atoms. The van der Waals surface area contributed by atoms with Crippen molar-refractivity contribution in [2.75, 3.05) is 6.61 Å². The van der Waals surface area contributed by atoms with Gasteiger partial charge in [0.2, 0.25) is 0 Å². The average molecular weight is 252 g/mol. The van der Waals surface area contributed by atoms with E-state index in [1.54, 1.807) is 4.57 Å². The van der Waals surface area contributed by atoms with E-state index in [9.17, 15) is 9.59 Å². The van der Waals surface area contributed by atoms with Gasteiger partial charge in [0, 0.05) is 0 Å². The lowest BCUT2D eigenvalue weighted by Gasteiger charge is -2.31. The second-order valence-corrected chi connectivity index (χ2v) is 3.75. The molecule has 1 amide bonds. The molecule has 1 aliphatic heterocycles. The van der Waals surface area contributed by atoms with E-state index in [4.69, 9.17) is 9.84 Å². The van der Waals surface area contributed by atoms with E-state index in [1.165, 1.54) is 12.4 Å². The number of carbonyl (C=O) groups excluding carboxylic acids is 1. The molecule has 0 spiro atoms. The summed E-state index contributed by atoms with van der Waals surface area (Å²) in [6, 6.07) is -0.981. The molecular formula is C10H12N4O4. The molecule has 1 N–H and O–H groups in total. The van der Waals surface area contributed by atoms with Crippen molar-refractivity contribution in [3.8, 4) is 0 Å². The number of carboxylic acids is 1. The van der Waals surface area contributed by atoms with Crippen molar-refractivity contribution in [2.45, 2.75) is 19.1 Å². The fourth-order valence-corrected chi connectivity index (χ4v) is 1.72. The summed E-state index contributed by atoms with van der Waals surface area (Å²) in [5, 5.41) is 16.6. The van der Waals surface area contributed by atoms with Crippen LogP contribution in [0.15, 0.2) is 19.0 Å². The van der Waals surface area contributed by atoms with Crippen LogP contribution in [-0.2, 0) is 22.6 Å². The molecule has 8 nitrogen and oxygen atoms in total. The van der Waals surface area contributed by atoms with Crippen molar-refractivity contribution in [3.05, 3.63) is 24.8 Å². The lowest BCUT2D eigenvalue weighted by atomic mass is 10.2. The molecule has 0 saturated heterocycles. The predicted octanol–water partition coefficient (Wildman–Crippen LogP) is -0.130. The molecule has 1 aliphatic rings. The fourth-order valence-electron chi connectivity index (χ4n) is 1.72. The van der Waals surface area contributed by atoms with Gasteiger partial charge in [-0.2, -0.15) is 0 Å². The van der Waals surface area contributed by atoms with Crippen LogP contribution in [0.3, 0.4) is 0 Å². The quantitative estimate of drug-likeness (QED) is 0.752. The van der Waals surface area contributed by atoms with Crippen molar-refractivity contribution in [1.29, 1.82) is 0 Å². The van der Waals surface area contributed by atoms with Gasteiger partial charge in [0.15, 0.2) is 11.9 Å². The van der Waals surface area contributed by atoms with Crippen LogP contribution in [0.4, 0.5) is 4.79 Å². The zero-order chi connectivity index (χ0) is 13.1. The molecule has 0 aliphatic carbocycles. The number of hydrogen-bond donors (Lipinski definition) is 1. The summed E-state index contributed by atoms with van der Waals surface area (Å²) in [5.74, 6) is -0.562. The minimum absolute atomic E-state index is 0.0361. The van der Waals surface area contributed by atoms with Gasteiger partial charge in [-0.25, -0.2) is 9.59 Å². The molecule has 0 fully saturated rings. The maximum atomic E-state index is 11.7. The lowest BCUT2D eigenvalue weighted by Crippen LogP contribution is -2.50. The standard InChI is InChI=1S/C10H12N4O4/c1-2-3-18-10(17)14-5-8-12-11-6-13(8)4-7(14)9(15)16/h2,6-7H,1,3-5H2,(H,15,16). The van der Waals surface area contributed by atoms with Crippen molar-refractivity contribution in [2.24, 2.45) is 0 Å². The number of nitrogens with zero attached hydrogens (tertiary/aromatic N) is 4. The highest BCUT2D eigenvalue weighted by Gasteiger charge is 2.36. The molecular weight excluding hydrogens is 240 g/mol. The maximum absolute atomic E-state index is 11.7. The van der Waals surface area contributed by atoms with Crippen molar-refractivity contribution in [3.63, 3.8) is 0 Å². The number of aromatic nitrogens is 3. The molecule has 1 aromatic rings. The smallest absolute Gasteiger partial charge is 0.411 e. The molecule has 1 aromatic heterocycles. The zero-order valence-electron chi connectivity index (χ0n) is 9.52. The van der Waals surface area contributed by atoms with Gasteiger partial charge in [0.1, 0.15) is 12.9 Å². The predicted molar refractivity (Wildman–Crippen MR) is 58.5 cm³/mol. The van der Waals surface area contributed by atoms with E-state index in [0.29, 0.717) is 5.82 Å². The number of carboxylic acid groups (broad SMARTS) is 1. The van der Waals surface area contributed by atoms with E-state index in [-0.39, 0.29) is 19.7 Å². The molecule has 0 aromatic carbocycles. The summed E-state index contributed by atoms with van der Waals surface area (Å²) in [4.78, 5) is 24.0. The van der Waals surface area contributed by atoms with Crippen LogP contribution in [0.25, 0.3) is 0 Å². The highest BCUT2D eigenvalue weighted by Crippen LogP contribution is 2.17. The highest BCUT2D eigenvalue weighted by molar-refractivity contribution is 5.80. The number of fused-ring (bicyclic) bond motifs is 1. The van der Waals surface area contributed by atoms with Crippen LogP contribution in [0.5, 0.6) is 0 Å². The summed E-state index contributed by atoms with van der Waals surface area (Å²) in [6.45, 7) is 3.63. The summed E-state index contributed by atoms with van der Waals surface area (Å²) >= 11 is 0. The Labute approximate surface area is 102 Å². The fraction of sp³-hybridized carbons (Fsp3) is 0.400. The van der Waals surface area contributed by atoms with Crippen molar-refractivity contribution >= 4 is 12.1 Å². The second-order valence-electron chi connectivity index (χ2n) is 3.75. The third kappa shape index (κ3) is 2.17. The largest absolute Gasteiger partial charge is 0.480 e. The van der Waals surface area contributed by atoms with Crippen LogP contribution in [-0.4, -0.2) is 49.5 Å².